The number of carbonyl (C=O) groups is 1. The van der Waals surface area contributed by atoms with Gasteiger partial charge in [0.2, 0.25) is 0 Å². The summed E-state index contributed by atoms with van der Waals surface area (Å²) in [6, 6.07) is 10.9. The summed E-state index contributed by atoms with van der Waals surface area (Å²) in [5.74, 6) is 2.15. The van der Waals surface area contributed by atoms with E-state index in [4.69, 9.17) is 14.2 Å². The lowest BCUT2D eigenvalue weighted by Gasteiger charge is -2.13. The first-order chi connectivity index (χ1) is 12.1. The molecular formula is C21H24O4. The van der Waals surface area contributed by atoms with Crippen molar-refractivity contribution in [1.82, 2.24) is 0 Å². The first-order valence-electron chi connectivity index (χ1n) is 8.35. The summed E-state index contributed by atoms with van der Waals surface area (Å²) in [5.41, 5.74) is 2.46. The fourth-order valence-corrected chi connectivity index (χ4v) is 2.43. The molecule has 0 saturated carbocycles. The Bertz CT molecular complexity index is 745. The van der Waals surface area contributed by atoms with Gasteiger partial charge in [-0.3, -0.25) is 4.79 Å². The van der Waals surface area contributed by atoms with Crippen LogP contribution in [0.25, 0.3) is 6.08 Å². The lowest BCUT2D eigenvalue weighted by molar-refractivity contribution is 0.104. The molecule has 4 nitrogen and oxygen atoms in total. The molecule has 132 valence electrons. The lowest BCUT2D eigenvalue weighted by atomic mass is 10.1. The molecule has 2 aromatic carbocycles. The van der Waals surface area contributed by atoms with Crippen molar-refractivity contribution in [2.45, 2.75) is 20.8 Å². The Morgan fingerprint density at radius 3 is 2.24 bits per heavy atom. The number of ketones is 1. The normalized spacial score (nSPS) is 10.7. The Kier molecular flexibility index (Phi) is 6.63. The molecule has 0 unspecified atom stereocenters. The molecule has 0 spiro atoms. The Morgan fingerprint density at radius 1 is 1.00 bits per heavy atom. The van der Waals surface area contributed by atoms with Crippen LogP contribution in [0.15, 0.2) is 42.5 Å². The molecule has 0 radical (unpaired) electrons. The average Bonchev–Trinajstić information content (AvgIpc) is 2.63. The summed E-state index contributed by atoms with van der Waals surface area (Å²) < 4.78 is 16.4. The quantitative estimate of drug-likeness (QED) is 0.516. The highest BCUT2D eigenvalue weighted by Gasteiger charge is 2.09. The second kappa shape index (κ2) is 8.92. The van der Waals surface area contributed by atoms with Crippen molar-refractivity contribution in [3.8, 4) is 17.2 Å². The van der Waals surface area contributed by atoms with Gasteiger partial charge in [-0.2, -0.15) is 0 Å². The number of allylic oxidation sites excluding steroid dienone is 1. The molecule has 2 rings (SSSR count). The summed E-state index contributed by atoms with van der Waals surface area (Å²) in [6.07, 6.45) is 3.33. The highest BCUT2D eigenvalue weighted by molar-refractivity contribution is 6.07. The van der Waals surface area contributed by atoms with Crippen molar-refractivity contribution in [3.63, 3.8) is 0 Å². The number of rotatable bonds is 8. The molecule has 0 heterocycles. The van der Waals surface area contributed by atoms with Gasteiger partial charge in [0, 0.05) is 17.2 Å². The predicted octanol–water partition coefficient (Wildman–Crippen LogP) is 4.70. The van der Waals surface area contributed by atoms with Gasteiger partial charge < -0.3 is 14.2 Å². The second-order valence-electron chi connectivity index (χ2n) is 5.45. The van der Waals surface area contributed by atoms with E-state index in [1.54, 1.807) is 43.5 Å². The van der Waals surface area contributed by atoms with E-state index in [2.05, 4.69) is 0 Å². The van der Waals surface area contributed by atoms with E-state index in [1.807, 2.05) is 32.9 Å². The Balaban J connectivity index is 2.25. The maximum absolute atomic E-state index is 12.3. The van der Waals surface area contributed by atoms with Gasteiger partial charge in [0.15, 0.2) is 5.78 Å². The van der Waals surface area contributed by atoms with E-state index in [0.717, 1.165) is 22.6 Å². The Labute approximate surface area is 149 Å². The first-order valence-corrected chi connectivity index (χ1v) is 8.35. The molecular weight excluding hydrogens is 316 g/mol. The molecule has 0 bridgehead atoms. The molecule has 0 fully saturated rings. The molecule has 0 atom stereocenters. The van der Waals surface area contributed by atoms with E-state index in [0.29, 0.717) is 24.5 Å². The number of aryl methyl sites for hydroxylation is 1. The van der Waals surface area contributed by atoms with E-state index in [9.17, 15) is 4.79 Å². The lowest BCUT2D eigenvalue weighted by Crippen LogP contribution is -1.99. The van der Waals surface area contributed by atoms with Gasteiger partial charge in [-0.15, -0.1) is 0 Å². The molecule has 0 aromatic heterocycles. The van der Waals surface area contributed by atoms with E-state index >= 15 is 0 Å². The van der Waals surface area contributed by atoms with Crippen LogP contribution in [0.5, 0.6) is 17.2 Å². The van der Waals surface area contributed by atoms with Crippen molar-refractivity contribution in [1.29, 1.82) is 0 Å². The fourth-order valence-electron chi connectivity index (χ4n) is 2.43. The minimum absolute atomic E-state index is 0.0726. The van der Waals surface area contributed by atoms with E-state index in [-0.39, 0.29) is 5.78 Å². The van der Waals surface area contributed by atoms with Gasteiger partial charge in [0.05, 0.1) is 20.3 Å². The Hall–Kier alpha value is -2.75. The number of benzene rings is 2. The van der Waals surface area contributed by atoms with Crippen molar-refractivity contribution in [3.05, 3.63) is 59.2 Å². The summed E-state index contributed by atoms with van der Waals surface area (Å²) >= 11 is 0. The van der Waals surface area contributed by atoms with Gasteiger partial charge in [0.25, 0.3) is 0 Å². The van der Waals surface area contributed by atoms with Crippen molar-refractivity contribution < 1.29 is 19.0 Å². The molecule has 0 aliphatic rings. The zero-order valence-electron chi connectivity index (χ0n) is 15.2. The third kappa shape index (κ3) is 4.86. The molecule has 0 aliphatic heterocycles. The van der Waals surface area contributed by atoms with E-state index in [1.165, 1.54) is 0 Å². The highest BCUT2D eigenvalue weighted by atomic mass is 16.5. The zero-order valence-corrected chi connectivity index (χ0v) is 15.2. The maximum Gasteiger partial charge on any atom is 0.185 e. The van der Waals surface area contributed by atoms with Crippen LogP contribution >= 0.6 is 0 Å². The van der Waals surface area contributed by atoms with Gasteiger partial charge >= 0.3 is 0 Å². The van der Waals surface area contributed by atoms with Crippen molar-refractivity contribution in [2.24, 2.45) is 0 Å². The third-order valence-corrected chi connectivity index (χ3v) is 3.70. The monoisotopic (exact) mass is 340 g/mol. The molecule has 0 amide bonds. The summed E-state index contributed by atoms with van der Waals surface area (Å²) in [4.78, 5) is 12.3. The van der Waals surface area contributed by atoms with Crippen molar-refractivity contribution >= 4 is 11.9 Å². The minimum Gasteiger partial charge on any atom is -0.497 e. The summed E-state index contributed by atoms with van der Waals surface area (Å²) in [5, 5.41) is 0. The second-order valence-corrected chi connectivity index (χ2v) is 5.45. The predicted molar refractivity (Wildman–Crippen MR) is 99.9 cm³/mol. The summed E-state index contributed by atoms with van der Waals surface area (Å²) in [7, 11) is 1.60. The fraction of sp³-hybridized carbons (Fsp3) is 0.286. The van der Waals surface area contributed by atoms with Gasteiger partial charge in [0.1, 0.15) is 17.2 Å². The minimum atomic E-state index is -0.0726. The maximum atomic E-state index is 12.3. The van der Waals surface area contributed by atoms with Gasteiger partial charge in [-0.25, -0.2) is 0 Å². The van der Waals surface area contributed by atoms with Crippen LogP contribution in [0.2, 0.25) is 0 Å². The van der Waals surface area contributed by atoms with Gasteiger partial charge in [-0.1, -0.05) is 0 Å². The molecule has 0 aliphatic carbocycles. The number of hydrogen-bond donors (Lipinski definition) is 0. The van der Waals surface area contributed by atoms with Crippen LogP contribution in [-0.4, -0.2) is 26.1 Å². The molecule has 25 heavy (non-hydrogen) atoms. The van der Waals surface area contributed by atoms with Crippen LogP contribution in [0.4, 0.5) is 0 Å². The van der Waals surface area contributed by atoms with Crippen LogP contribution < -0.4 is 14.2 Å². The number of carbonyl (C=O) groups excluding carboxylic acids is 1. The smallest absolute Gasteiger partial charge is 0.185 e. The number of hydrogen-bond acceptors (Lipinski definition) is 4. The SMILES string of the molecule is CCOc1cc(OCC)c(/C=C/C(=O)c2ccc(OC)cc2)cc1C. The van der Waals surface area contributed by atoms with Crippen LogP contribution in [0.3, 0.4) is 0 Å². The standard InChI is InChI=1S/C21H24O4/c1-5-24-20-14-21(25-6-2)17(13-15(20)3)9-12-19(22)16-7-10-18(23-4)11-8-16/h7-14H,5-6H2,1-4H3/b12-9+. The third-order valence-electron chi connectivity index (χ3n) is 3.70. The molecule has 4 heteroatoms. The largest absolute Gasteiger partial charge is 0.497 e. The van der Waals surface area contributed by atoms with E-state index < -0.39 is 0 Å². The highest BCUT2D eigenvalue weighted by Crippen LogP contribution is 2.30. The molecule has 0 saturated heterocycles. The number of methoxy groups -OCH3 is 1. The zero-order chi connectivity index (χ0) is 18.2. The molecule has 0 N–H and O–H groups in total. The topological polar surface area (TPSA) is 44.8 Å². The average molecular weight is 340 g/mol. The van der Waals surface area contributed by atoms with Crippen LogP contribution in [0, 0.1) is 6.92 Å². The number of ether oxygens (including phenoxy) is 3. The van der Waals surface area contributed by atoms with Crippen molar-refractivity contribution in [2.75, 3.05) is 20.3 Å². The van der Waals surface area contributed by atoms with Crippen LogP contribution in [-0.2, 0) is 0 Å². The van der Waals surface area contributed by atoms with Gasteiger partial charge in [-0.05, 0) is 68.8 Å². The molecule has 2 aromatic rings. The Morgan fingerprint density at radius 2 is 1.64 bits per heavy atom. The summed E-state index contributed by atoms with van der Waals surface area (Å²) in [6.45, 7) is 6.99. The van der Waals surface area contributed by atoms with Crippen LogP contribution in [0.1, 0.15) is 35.3 Å². The first kappa shape index (κ1) is 18.6.